The Hall–Kier alpha value is -1.99. The van der Waals surface area contributed by atoms with Gasteiger partial charge in [-0.15, -0.1) is 0 Å². The molecule has 0 saturated carbocycles. The molecule has 0 amide bonds. The van der Waals surface area contributed by atoms with Crippen molar-refractivity contribution in [2.75, 3.05) is 12.8 Å². The second-order valence-electron chi connectivity index (χ2n) is 4.56. The maximum atomic E-state index is 5.97. The predicted octanol–water partition coefficient (Wildman–Crippen LogP) is 3.00. The average molecular weight is 348 g/mol. The van der Waals surface area contributed by atoms with E-state index < -0.39 is 0 Å². The minimum Gasteiger partial charge on any atom is -0.382 e. The van der Waals surface area contributed by atoms with E-state index in [0.29, 0.717) is 21.9 Å². The fraction of sp³-hybridized carbons (Fsp3) is 0.214. The number of anilines is 1. The van der Waals surface area contributed by atoms with Gasteiger partial charge in [-0.25, -0.2) is 15.0 Å². The highest BCUT2D eigenvalue weighted by molar-refractivity contribution is 9.10. The number of hydrogen-bond acceptors (Lipinski definition) is 5. The van der Waals surface area contributed by atoms with E-state index in [1.54, 1.807) is 13.3 Å². The van der Waals surface area contributed by atoms with Crippen LogP contribution in [0.25, 0.3) is 22.6 Å². The zero-order valence-corrected chi connectivity index (χ0v) is 13.2. The Morgan fingerprint density at radius 1 is 1.29 bits per heavy atom. The quantitative estimate of drug-likeness (QED) is 0.787. The highest BCUT2D eigenvalue weighted by Crippen LogP contribution is 2.30. The number of nitrogens with zero attached hydrogens (tertiary/aromatic N) is 4. The van der Waals surface area contributed by atoms with Gasteiger partial charge in [0.15, 0.2) is 11.6 Å². The van der Waals surface area contributed by atoms with E-state index in [4.69, 9.17) is 10.5 Å². The summed E-state index contributed by atoms with van der Waals surface area (Å²) in [7, 11) is 1.65. The van der Waals surface area contributed by atoms with Gasteiger partial charge >= 0.3 is 0 Å². The van der Waals surface area contributed by atoms with Gasteiger partial charge in [-0.3, -0.25) is 4.57 Å². The lowest BCUT2D eigenvalue weighted by Gasteiger charge is -2.16. The number of imidazole rings is 1. The van der Waals surface area contributed by atoms with Gasteiger partial charge in [0.05, 0.1) is 17.2 Å². The van der Waals surface area contributed by atoms with Gasteiger partial charge in [0, 0.05) is 7.11 Å². The Balaban J connectivity index is 2.33. The summed E-state index contributed by atoms with van der Waals surface area (Å²) in [4.78, 5) is 13.2. The van der Waals surface area contributed by atoms with Crippen LogP contribution in [0.3, 0.4) is 0 Å². The minimum absolute atomic E-state index is 0.201. The molecular formula is C14H14BrN5O. The van der Waals surface area contributed by atoms with E-state index in [9.17, 15) is 0 Å². The normalized spacial score (nSPS) is 12.7. The zero-order valence-electron chi connectivity index (χ0n) is 11.6. The van der Waals surface area contributed by atoms with Crippen LogP contribution in [0.4, 0.5) is 5.82 Å². The van der Waals surface area contributed by atoms with Crippen molar-refractivity contribution in [3.8, 4) is 11.5 Å². The van der Waals surface area contributed by atoms with Gasteiger partial charge in [-0.2, -0.15) is 0 Å². The summed E-state index contributed by atoms with van der Waals surface area (Å²) < 4.78 is 8.02. The smallest absolute Gasteiger partial charge is 0.165 e. The molecule has 0 aliphatic rings. The fourth-order valence-corrected chi connectivity index (χ4v) is 2.51. The summed E-state index contributed by atoms with van der Waals surface area (Å²) in [5.41, 5.74) is 8.32. The number of fused-ring (bicyclic) bond motifs is 1. The summed E-state index contributed by atoms with van der Waals surface area (Å²) in [5.74, 6) is 0.968. The molecule has 1 atom stereocenters. The molecule has 0 aliphatic carbocycles. The number of benzene rings is 1. The first-order chi connectivity index (χ1) is 10.1. The molecule has 1 unspecified atom stereocenters. The SMILES string of the molecule is COC(C)n1c(-c2nc(Br)cnc2N)nc2ccccc21. The molecule has 0 saturated heterocycles. The molecule has 2 heterocycles. The fourth-order valence-electron chi connectivity index (χ4n) is 2.23. The first kappa shape index (κ1) is 14.0. The highest BCUT2D eigenvalue weighted by Gasteiger charge is 2.20. The number of nitrogen functional groups attached to an aromatic ring is 1. The third kappa shape index (κ3) is 2.38. The standard InChI is InChI=1S/C14H14BrN5O/c1-8(21-2)20-10-6-4-3-5-9(10)18-14(20)12-13(16)17-7-11(15)19-12/h3-8H,1-2H3,(H2,16,17). The molecule has 0 fully saturated rings. The van der Waals surface area contributed by atoms with E-state index in [1.165, 1.54) is 0 Å². The topological polar surface area (TPSA) is 78.8 Å². The van der Waals surface area contributed by atoms with Crippen LogP contribution in [0.2, 0.25) is 0 Å². The lowest BCUT2D eigenvalue weighted by molar-refractivity contribution is 0.0650. The number of para-hydroxylation sites is 2. The molecule has 0 bridgehead atoms. The summed E-state index contributed by atoms with van der Waals surface area (Å²) in [6.45, 7) is 1.94. The Labute approximate surface area is 130 Å². The maximum absolute atomic E-state index is 5.97. The maximum Gasteiger partial charge on any atom is 0.165 e. The van der Waals surface area contributed by atoms with Gasteiger partial charge in [0.2, 0.25) is 0 Å². The summed E-state index contributed by atoms with van der Waals surface area (Å²) >= 11 is 3.32. The summed E-state index contributed by atoms with van der Waals surface area (Å²) in [6.07, 6.45) is 1.36. The molecule has 3 aromatic rings. The van der Waals surface area contributed by atoms with Crippen LogP contribution in [0.1, 0.15) is 13.2 Å². The van der Waals surface area contributed by atoms with Gasteiger partial charge in [-0.05, 0) is 35.0 Å². The minimum atomic E-state index is -0.201. The van der Waals surface area contributed by atoms with E-state index in [1.807, 2.05) is 35.8 Å². The molecule has 2 aromatic heterocycles. The first-order valence-corrected chi connectivity index (χ1v) is 7.19. The predicted molar refractivity (Wildman–Crippen MR) is 84.6 cm³/mol. The molecule has 6 nitrogen and oxygen atoms in total. The van der Waals surface area contributed by atoms with Crippen molar-refractivity contribution < 1.29 is 4.74 Å². The van der Waals surface area contributed by atoms with Crippen LogP contribution in [0.15, 0.2) is 35.1 Å². The largest absolute Gasteiger partial charge is 0.382 e. The first-order valence-electron chi connectivity index (χ1n) is 6.40. The number of aromatic nitrogens is 4. The molecule has 7 heteroatoms. The molecule has 108 valence electrons. The van der Waals surface area contributed by atoms with Crippen molar-refractivity contribution in [1.82, 2.24) is 19.5 Å². The second-order valence-corrected chi connectivity index (χ2v) is 5.37. The third-order valence-electron chi connectivity index (χ3n) is 3.28. The van der Waals surface area contributed by atoms with E-state index in [-0.39, 0.29) is 6.23 Å². The van der Waals surface area contributed by atoms with Crippen molar-refractivity contribution >= 4 is 32.8 Å². The summed E-state index contributed by atoms with van der Waals surface area (Å²) in [5, 5.41) is 0. The highest BCUT2D eigenvalue weighted by atomic mass is 79.9. The van der Waals surface area contributed by atoms with E-state index >= 15 is 0 Å². The molecular weight excluding hydrogens is 334 g/mol. The van der Waals surface area contributed by atoms with Crippen LogP contribution in [0, 0.1) is 0 Å². The van der Waals surface area contributed by atoms with Gasteiger partial charge < -0.3 is 10.5 Å². The molecule has 0 spiro atoms. The Morgan fingerprint density at radius 2 is 2.05 bits per heavy atom. The lowest BCUT2D eigenvalue weighted by Crippen LogP contribution is -2.10. The second kappa shape index (κ2) is 5.42. The average Bonchev–Trinajstić information content (AvgIpc) is 2.88. The summed E-state index contributed by atoms with van der Waals surface area (Å²) in [6, 6.07) is 7.84. The van der Waals surface area contributed by atoms with Crippen molar-refractivity contribution in [2.45, 2.75) is 13.2 Å². The van der Waals surface area contributed by atoms with Crippen LogP contribution in [-0.4, -0.2) is 26.6 Å². The number of methoxy groups -OCH3 is 1. The van der Waals surface area contributed by atoms with Crippen LogP contribution in [-0.2, 0) is 4.74 Å². The van der Waals surface area contributed by atoms with Crippen molar-refractivity contribution in [3.63, 3.8) is 0 Å². The van der Waals surface area contributed by atoms with Gasteiger partial charge in [-0.1, -0.05) is 12.1 Å². The van der Waals surface area contributed by atoms with Crippen molar-refractivity contribution in [1.29, 1.82) is 0 Å². The van der Waals surface area contributed by atoms with Crippen LogP contribution < -0.4 is 5.73 Å². The Morgan fingerprint density at radius 3 is 2.81 bits per heavy atom. The van der Waals surface area contributed by atoms with Crippen LogP contribution in [0.5, 0.6) is 0 Å². The van der Waals surface area contributed by atoms with E-state index in [2.05, 4.69) is 30.9 Å². The van der Waals surface area contributed by atoms with Crippen molar-refractivity contribution in [2.24, 2.45) is 0 Å². The van der Waals surface area contributed by atoms with E-state index in [0.717, 1.165) is 11.0 Å². The molecule has 3 rings (SSSR count). The third-order valence-corrected chi connectivity index (χ3v) is 3.67. The zero-order chi connectivity index (χ0) is 15.0. The number of nitrogens with two attached hydrogens (primary N) is 1. The molecule has 0 aliphatic heterocycles. The number of halogens is 1. The Kier molecular flexibility index (Phi) is 3.60. The molecule has 21 heavy (non-hydrogen) atoms. The molecule has 2 N–H and O–H groups in total. The van der Waals surface area contributed by atoms with Gasteiger partial charge in [0.25, 0.3) is 0 Å². The Bertz CT molecular complexity index is 801. The lowest BCUT2D eigenvalue weighted by atomic mass is 10.3. The van der Waals surface area contributed by atoms with Crippen molar-refractivity contribution in [3.05, 3.63) is 35.1 Å². The number of hydrogen-bond donors (Lipinski definition) is 1. The van der Waals surface area contributed by atoms with Gasteiger partial charge in [0.1, 0.15) is 16.5 Å². The van der Waals surface area contributed by atoms with Crippen LogP contribution >= 0.6 is 15.9 Å². The molecule has 0 radical (unpaired) electrons. The number of ether oxygens (including phenoxy) is 1. The monoisotopic (exact) mass is 347 g/mol. The number of rotatable bonds is 3. The molecule has 1 aromatic carbocycles.